The third-order valence-electron chi connectivity index (χ3n) is 0. The van der Waals surface area contributed by atoms with Gasteiger partial charge in [0.15, 0.2) is 0 Å². The van der Waals surface area contributed by atoms with Gasteiger partial charge in [0.1, 0.15) is 0 Å². The number of rotatable bonds is 0. The van der Waals surface area contributed by atoms with E-state index in [0.717, 1.165) is 0 Å². The standard InChI is InChI=1S/Au.Cd.In.Zn.3H. The molecule has 0 aromatic rings. The minimum Gasteiger partial charge on any atom is 0 e. The Labute approximate surface area is 93.1 Å². The van der Waals surface area contributed by atoms with Gasteiger partial charge in [-0.1, -0.05) is 0 Å². The first kappa shape index (κ1) is 27.2. The van der Waals surface area contributed by atoms with E-state index in [2.05, 4.69) is 0 Å². The molecule has 4 heavy (non-hydrogen) atoms. The van der Waals surface area contributed by atoms with Crippen LogP contribution in [0.3, 0.4) is 0 Å². The molecule has 0 atom stereocenters. The SMILES string of the molecule is [Au].[Cd].[InH3].[Zn]. The number of hydrogen-bond acceptors (Lipinski definition) is 0. The Hall–Kier alpha value is 3.16. The molecule has 0 aromatic carbocycles. The summed E-state index contributed by atoms with van der Waals surface area (Å²) in [4.78, 5) is 0. The Kier molecular flexibility index (Phi) is 112. The van der Waals surface area contributed by atoms with E-state index >= 15 is 0 Å². The summed E-state index contributed by atoms with van der Waals surface area (Å²) in [5.41, 5.74) is 0. The third-order valence-corrected chi connectivity index (χ3v) is 0. The molecule has 0 heterocycles. The quantitative estimate of drug-likeness (QED) is 0.373. The predicted octanol–water partition coefficient (Wildman–Crippen LogP) is -1.19. The van der Waals surface area contributed by atoms with E-state index in [1.807, 2.05) is 0 Å². The maximum absolute atomic E-state index is 0. The van der Waals surface area contributed by atoms with Gasteiger partial charge in [0, 0.05) is 69.2 Å². The second kappa shape index (κ2) is 16.4. The smallest absolute Gasteiger partial charge is 0 e. The number of hydrogen-bond donors (Lipinski definition) is 0. The van der Waals surface area contributed by atoms with E-state index < -0.39 is 0 Å². The molecule has 0 N–H and O–H groups in total. The van der Waals surface area contributed by atoms with Gasteiger partial charge < -0.3 is 0 Å². The predicted molar refractivity (Wildman–Crippen MR) is 9.94 cm³/mol. The molecule has 0 fully saturated rings. The fourth-order valence-corrected chi connectivity index (χ4v) is 0. The van der Waals surface area contributed by atoms with Crippen LogP contribution < -0.4 is 0 Å². The molecule has 0 aromatic heterocycles. The van der Waals surface area contributed by atoms with Crippen molar-refractivity contribution in [2.45, 2.75) is 0 Å². The van der Waals surface area contributed by atoms with E-state index in [0.29, 0.717) is 0 Å². The summed E-state index contributed by atoms with van der Waals surface area (Å²) in [6, 6.07) is 0. The molecular weight excluding hydrogens is 490 g/mol. The Morgan fingerprint density at radius 2 is 1.00 bits per heavy atom. The molecule has 0 aliphatic carbocycles. The van der Waals surface area contributed by atoms with Crippen LogP contribution in [-0.2, 0) is 69.2 Å². The molecule has 0 saturated heterocycles. The summed E-state index contributed by atoms with van der Waals surface area (Å²) in [6.07, 6.45) is 0. The first-order valence-electron chi connectivity index (χ1n) is 0. The third kappa shape index (κ3) is 8.94. The Morgan fingerprint density at radius 3 is 1.00 bits per heavy atom. The van der Waals surface area contributed by atoms with Crippen molar-refractivity contribution in [2.24, 2.45) is 0 Å². The molecule has 1 radical (unpaired) electrons. The molecule has 0 rings (SSSR count). The van der Waals surface area contributed by atoms with Crippen LogP contribution in [0, 0.1) is 0 Å². The molecule has 0 spiro atoms. The summed E-state index contributed by atoms with van der Waals surface area (Å²) in [6.45, 7) is 0. The van der Waals surface area contributed by atoms with Gasteiger partial charge in [-0.25, -0.2) is 0 Å². The van der Waals surface area contributed by atoms with Crippen LogP contribution >= 0.6 is 0 Å². The zero-order chi connectivity index (χ0) is 0. The Balaban J connectivity index is 0. The molecule has 0 nitrogen and oxygen atoms in total. The molecule has 0 bridgehead atoms. The largest absolute Gasteiger partial charge is 0 e. The minimum absolute atomic E-state index is 0. The second-order valence-corrected chi connectivity index (χ2v) is 0. The van der Waals surface area contributed by atoms with Crippen molar-refractivity contribution in [1.82, 2.24) is 0 Å². The summed E-state index contributed by atoms with van der Waals surface area (Å²) in [7, 11) is 0. The normalized spacial score (nSPS) is 0. The Morgan fingerprint density at radius 1 is 1.00 bits per heavy atom. The summed E-state index contributed by atoms with van der Waals surface area (Å²) >= 11 is 0. The van der Waals surface area contributed by atoms with Crippen molar-refractivity contribution in [2.75, 3.05) is 0 Å². The van der Waals surface area contributed by atoms with Gasteiger partial charge in [-0.15, -0.1) is 0 Å². The zero-order valence-corrected chi connectivity index (χ0v) is 10.9. The first-order chi connectivity index (χ1) is 0. The van der Waals surface area contributed by atoms with Crippen LogP contribution in [0.2, 0.25) is 0 Å². The average molecular weight is 493 g/mol. The van der Waals surface area contributed by atoms with Gasteiger partial charge in [0.2, 0.25) is 0 Å². The molecular formula is H3AuCdInZn. The minimum atomic E-state index is 0. The molecule has 21 valence electrons. The van der Waals surface area contributed by atoms with Crippen LogP contribution in [0.25, 0.3) is 0 Å². The fourth-order valence-electron chi connectivity index (χ4n) is 0. The summed E-state index contributed by atoms with van der Waals surface area (Å²) < 4.78 is 0. The van der Waals surface area contributed by atoms with Gasteiger partial charge in [0.05, 0.1) is 0 Å². The fraction of sp³-hybridized carbons (Fsp3) is 0. The van der Waals surface area contributed by atoms with Crippen molar-refractivity contribution in [3.8, 4) is 0 Å². The van der Waals surface area contributed by atoms with Gasteiger partial charge in [-0.2, -0.15) is 0 Å². The van der Waals surface area contributed by atoms with Gasteiger partial charge >= 0.3 is 25.8 Å². The maximum atomic E-state index is 0. The van der Waals surface area contributed by atoms with E-state index in [9.17, 15) is 0 Å². The van der Waals surface area contributed by atoms with Gasteiger partial charge in [-0.3, -0.25) is 0 Å². The first-order valence-corrected chi connectivity index (χ1v) is 0. The van der Waals surface area contributed by atoms with Gasteiger partial charge in [0.25, 0.3) is 0 Å². The molecule has 0 aliphatic heterocycles. The molecule has 0 aliphatic rings. The molecule has 4 heteroatoms. The van der Waals surface area contributed by atoms with Crippen molar-refractivity contribution in [3.05, 3.63) is 0 Å². The zero-order valence-electron chi connectivity index (χ0n) is 1.72. The van der Waals surface area contributed by atoms with Crippen molar-refractivity contribution in [1.29, 1.82) is 0 Å². The van der Waals surface area contributed by atoms with Crippen molar-refractivity contribution < 1.29 is 69.2 Å². The van der Waals surface area contributed by atoms with E-state index in [4.69, 9.17) is 0 Å². The summed E-state index contributed by atoms with van der Waals surface area (Å²) in [5.74, 6) is 0. The van der Waals surface area contributed by atoms with Gasteiger partial charge in [-0.05, 0) is 0 Å². The van der Waals surface area contributed by atoms with E-state index in [1.165, 1.54) is 0 Å². The van der Waals surface area contributed by atoms with Crippen LogP contribution in [0.1, 0.15) is 0 Å². The molecule has 0 amide bonds. The van der Waals surface area contributed by atoms with Crippen LogP contribution in [0.5, 0.6) is 0 Å². The second-order valence-electron chi connectivity index (χ2n) is 0. The van der Waals surface area contributed by atoms with Crippen LogP contribution in [0.4, 0.5) is 0 Å². The van der Waals surface area contributed by atoms with Crippen LogP contribution in [0.15, 0.2) is 0 Å². The summed E-state index contributed by atoms with van der Waals surface area (Å²) in [5, 5.41) is 0. The maximum Gasteiger partial charge on any atom is 0 e. The topological polar surface area (TPSA) is 0 Å². The monoisotopic (exact) mass is 493 g/mol. The Bertz CT molecular complexity index is 8.00. The van der Waals surface area contributed by atoms with Crippen molar-refractivity contribution >= 4 is 25.8 Å². The van der Waals surface area contributed by atoms with E-state index in [-0.39, 0.29) is 95.0 Å². The van der Waals surface area contributed by atoms with Crippen molar-refractivity contribution in [3.63, 3.8) is 0 Å². The van der Waals surface area contributed by atoms with E-state index in [1.54, 1.807) is 0 Å². The molecule has 0 saturated carbocycles. The van der Waals surface area contributed by atoms with Crippen LogP contribution in [-0.4, -0.2) is 25.8 Å². The molecule has 0 unspecified atom stereocenters. The average Bonchev–Trinajstić information content (AvgIpc) is 0.